The first-order valence-corrected chi connectivity index (χ1v) is 22.3. The van der Waals surface area contributed by atoms with Crippen LogP contribution in [0.15, 0.2) is 24.3 Å². The molecule has 0 aromatic heterocycles. The molecule has 9 atom stereocenters. The molecule has 4 heterocycles. The van der Waals surface area contributed by atoms with Crippen molar-refractivity contribution in [2.75, 3.05) is 13.2 Å². The summed E-state index contributed by atoms with van der Waals surface area (Å²) >= 11 is 0. The molecule has 0 amide bonds. The summed E-state index contributed by atoms with van der Waals surface area (Å²) in [6.07, 6.45) is 9.09. The van der Waals surface area contributed by atoms with Crippen LogP contribution in [-0.2, 0) is 27.9 Å². The molecule has 0 radical (unpaired) electrons. The molecule has 244 valence electrons. The van der Waals surface area contributed by atoms with Gasteiger partial charge in [0, 0.05) is 19.1 Å². The number of hydrogen-bond donors (Lipinski definition) is 0. The van der Waals surface area contributed by atoms with E-state index in [1.165, 1.54) is 0 Å². The standard InChI is InChI=1S/C35H60O6Si2/c1-29(2,3)40-25(36)18-16-17-23-26-27(23)33(11)34(21-37-42(12,13)30(4,5)6)24-19-20-32(10,39-24)35(34,28(26)41-33)22-38-43(14,15)31(7,8)9/h16-17,19-20,23-24,26-28H,18,21-22H2,1-15H3/b17-16-/t23-,24-,26-,27+,28-,32+,33+,34+,35+/m1/s1. The molecule has 5 aliphatic rings. The van der Waals surface area contributed by atoms with Gasteiger partial charge in [-0.15, -0.1) is 0 Å². The Morgan fingerprint density at radius 1 is 0.860 bits per heavy atom. The molecule has 8 heteroatoms. The van der Waals surface area contributed by atoms with Crippen molar-refractivity contribution in [1.29, 1.82) is 0 Å². The van der Waals surface area contributed by atoms with Crippen LogP contribution in [0.5, 0.6) is 0 Å². The summed E-state index contributed by atoms with van der Waals surface area (Å²) in [5, 5.41) is 0.188. The summed E-state index contributed by atoms with van der Waals surface area (Å²) in [7, 11) is -4.17. The maximum atomic E-state index is 12.5. The van der Waals surface area contributed by atoms with Gasteiger partial charge in [-0.3, -0.25) is 4.79 Å². The zero-order chi connectivity index (χ0) is 32.4. The van der Waals surface area contributed by atoms with Gasteiger partial charge in [-0.25, -0.2) is 0 Å². The van der Waals surface area contributed by atoms with Crippen molar-refractivity contribution in [3.63, 3.8) is 0 Å². The average molecular weight is 633 g/mol. The largest absolute Gasteiger partial charge is 0.460 e. The number of fused-ring (bicyclic) bond motifs is 12. The summed E-state index contributed by atoms with van der Waals surface area (Å²) in [5.74, 6) is 0.904. The van der Waals surface area contributed by atoms with Crippen molar-refractivity contribution in [2.45, 2.75) is 148 Å². The van der Waals surface area contributed by atoms with E-state index >= 15 is 0 Å². The lowest BCUT2D eigenvalue weighted by Gasteiger charge is -2.57. The maximum absolute atomic E-state index is 12.5. The van der Waals surface area contributed by atoms with Crippen LogP contribution in [0.25, 0.3) is 0 Å². The molecule has 4 fully saturated rings. The van der Waals surface area contributed by atoms with Gasteiger partial charge in [0.05, 0.1) is 40.7 Å². The minimum absolute atomic E-state index is 0.00795. The molecular weight excluding hydrogens is 573 g/mol. The predicted molar refractivity (Wildman–Crippen MR) is 177 cm³/mol. The normalized spacial score (nSPS) is 41.7. The van der Waals surface area contributed by atoms with Crippen molar-refractivity contribution < 1.29 is 27.9 Å². The summed E-state index contributed by atoms with van der Waals surface area (Å²) < 4.78 is 34.3. The van der Waals surface area contributed by atoms with Crippen LogP contribution in [0.4, 0.5) is 0 Å². The first-order chi connectivity index (χ1) is 19.3. The molecule has 0 spiro atoms. The first-order valence-electron chi connectivity index (χ1n) is 16.5. The van der Waals surface area contributed by atoms with E-state index in [0.717, 1.165) is 0 Å². The molecule has 1 saturated carbocycles. The zero-order valence-corrected chi connectivity index (χ0v) is 31.8. The van der Waals surface area contributed by atoms with Crippen LogP contribution in [0.3, 0.4) is 0 Å². The SMILES string of the molecule is CC(C)(C)OC(=O)C/C=C\[C@@H]1[C@@H]2[C@H]1[C@]1(C)O[C@H]2[C@]2(CO[Si](C)(C)C(C)(C)C)[C@@]1(CO[Si](C)(C)C(C)(C)C)[C@H]1C=C[C@]2(C)O1. The first kappa shape index (κ1) is 33.6. The fraction of sp³-hybridized carbons (Fsp3) is 0.857. The van der Waals surface area contributed by atoms with E-state index in [4.69, 9.17) is 23.1 Å². The van der Waals surface area contributed by atoms with E-state index in [0.29, 0.717) is 37.4 Å². The summed E-state index contributed by atoms with van der Waals surface area (Å²) in [6.45, 7) is 34.8. The minimum atomic E-state index is -2.08. The molecule has 6 nitrogen and oxygen atoms in total. The van der Waals surface area contributed by atoms with E-state index in [9.17, 15) is 4.79 Å². The van der Waals surface area contributed by atoms with Crippen molar-refractivity contribution >= 4 is 22.6 Å². The molecule has 0 unspecified atom stereocenters. The van der Waals surface area contributed by atoms with E-state index < -0.39 is 33.4 Å². The van der Waals surface area contributed by atoms with Gasteiger partial charge in [-0.05, 0) is 82.7 Å². The third-order valence-electron chi connectivity index (χ3n) is 13.0. The van der Waals surface area contributed by atoms with Crippen molar-refractivity contribution in [3.8, 4) is 0 Å². The van der Waals surface area contributed by atoms with Crippen molar-refractivity contribution in [2.24, 2.45) is 28.6 Å². The van der Waals surface area contributed by atoms with Gasteiger partial charge >= 0.3 is 5.97 Å². The Kier molecular flexibility index (Phi) is 7.52. The van der Waals surface area contributed by atoms with E-state index in [1.807, 2.05) is 26.8 Å². The number of allylic oxidation sites excluding steroid dienone is 1. The van der Waals surface area contributed by atoms with Gasteiger partial charge in [-0.2, -0.15) is 0 Å². The average Bonchev–Trinajstić information content (AvgIpc) is 3.03. The number of esters is 1. The fourth-order valence-corrected chi connectivity index (χ4v) is 10.6. The summed E-state index contributed by atoms with van der Waals surface area (Å²) in [4.78, 5) is 12.5. The fourth-order valence-electron chi connectivity index (χ4n) is 8.51. The monoisotopic (exact) mass is 632 g/mol. The zero-order valence-electron chi connectivity index (χ0n) is 29.8. The topological polar surface area (TPSA) is 63.2 Å². The second kappa shape index (κ2) is 9.63. The van der Waals surface area contributed by atoms with Gasteiger partial charge in [0.1, 0.15) is 5.60 Å². The van der Waals surface area contributed by atoms with Gasteiger partial charge in [0.25, 0.3) is 0 Å². The Bertz CT molecular complexity index is 1170. The van der Waals surface area contributed by atoms with Crippen LogP contribution in [0.1, 0.15) is 82.6 Å². The molecule has 5 rings (SSSR count). The van der Waals surface area contributed by atoms with Crippen LogP contribution in [0, 0.1) is 28.6 Å². The minimum Gasteiger partial charge on any atom is -0.460 e. The lowest BCUT2D eigenvalue weighted by atomic mass is 9.45. The molecule has 0 aromatic carbocycles. The van der Waals surface area contributed by atoms with Crippen LogP contribution >= 0.6 is 0 Å². The number of hydrogen-bond acceptors (Lipinski definition) is 6. The van der Waals surface area contributed by atoms with E-state index in [-0.39, 0.29) is 39.1 Å². The summed E-state index contributed by atoms with van der Waals surface area (Å²) in [6, 6.07) is 0. The maximum Gasteiger partial charge on any atom is 0.310 e. The number of ether oxygens (including phenoxy) is 3. The Hall–Kier alpha value is -0.776. The third kappa shape index (κ3) is 4.62. The van der Waals surface area contributed by atoms with Gasteiger partial charge in [-0.1, -0.05) is 65.8 Å². The number of carbonyl (C=O) groups excluding carboxylic acids is 1. The Labute approximate surface area is 263 Å². The molecular formula is C35H60O6Si2. The molecule has 43 heavy (non-hydrogen) atoms. The number of rotatable bonds is 9. The Balaban J connectivity index is 1.54. The Morgan fingerprint density at radius 2 is 1.40 bits per heavy atom. The molecule has 1 aliphatic carbocycles. The van der Waals surface area contributed by atoms with Gasteiger partial charge in [0.15, 0.2) is 16.6 Å². The molecule has 3 saturated heterocycles. The second-order valence-corrected chi connectivity index (χ2v) is 28.2. The van der Waals surface area contributed by atoms with E-state index in [2.05, 4.69) is 99.8 Å². The lowest BCUT2D eigenvalue weighted by Crippen LogP contribution is -2.68. The molecule has 0 aromatic rings. The van der Waals surface area contributed by atoms with Crippen molar-refractivity contribution in [3.05, 3.63) is 24.3 Å². The highest BCUT2D eigenvalue weighted by Gasteiger charge is 2.94. The van der Waals surface area contributed by atoms with Crippen molar-refractivity contribution in [1.82, 2.24) is 0 Å². The third-order valence-corrected chi connectivity index (χ3v) is 21.9. The molecule has 0 N–H and O–H groups in total. The second-order valence-electron chi connectivity index (χ2n) is 18.6. The highest BCUT2D eigenvalue weighted by Crippen LogP contribution is 2.85. The van der Waals surface area contributed by atoms with Crippen LogP contribution in [0.2, 0.25) is 36.3 Å². The summed E-state index contributed by atoms with van der Waals surface area (Å²) in [5.41, 5.74) is -2.16. The highest BCUT2D eigenvalue weighted by atomic mass is 28.4. The van der Waals surface area contributed by atoms with Gasteiger partial charge in [0.2, 0.25) is 0 Å². The van der Waals surface area contributed by atoms with Gasteiger partial charge < -0.3 is 23.1 Å². The lowest BCUT2D eigenvalue weighted by molar-refractivity contribution is -0.153. The Morgan fingerprint density at radius 3 is 1.91 bits per heavy atom. The van der Waals surface area contributed by atoms with Crippen LogP contribution < -0.4 is 0 Å². The van der Waals surface area contributed by atoms with Crippen LogP contribution in [-0.4, -0.2) is 64.8 Å². The predicted octanol–water partition coefficient (Wildman–Crippen LogP) is 8.05. The van der Waals surface area contributed by atoms with E-state index in [1.54, 1.807) is 0 Å². The smallest absolute Gasteiger partial charge is 0.310 e. The molecule has 4 aliphatic heterocycles. The molecule has 4 bridgehead atoms. The number of carbonyl (C=O) groups is 1. The highest BCUT2D eigenvalue weighted by molar-refractivity contribution is 6.74. The quantitative estimate of drug-likeness (QED) is 0.146.